The molecule has 3 aromatic carbocycles. The van der Waals surface area contributed by atoms with Crippen molar-refractivity contribution < 1.29 is 50.2 Å². The number of anilines is 3. The number of nitrogens with zero attached hydrogens (tertiary/aromatic N) is 1. The lowest BCUT2D eigenvalue weighted by Crippen LogP contribution is -2.41. The second-order valence-corrected chi connectivity index (χ2v) is 9.76. The summed E-state index contributed by atoms with van der Waals surface area (Å²) < 4.78 is 94.8. The maximum absolute atomic E-state index is 14.2. The number of carbonyl (C=O) groups excluding carboxylic acids is 3. The van der Waals surface area contributed by atoms with Crippen molar-refractivity contribution in [2.24, 2.45) is 0 Å². The second kappa shape index (κ2) is 10.2. The van der Waals surface area contributed by atoms with Crippen LogP contribution in [0.5, 0.6) is 0 Å². The van der Waals surface area contributed by atoms with Gasteiger partial charge in [0, 0.05) is 21.7 Å². The van der Waals surface area contributed by atoms with E-state index in [-0.39, 0.29) is 22.5 Å². The fourth-order valence-corrected chi connectivity index (χ4v) is 5.11. The smallest absolute Gasteiger partial charge is 0.363 e. The van der Waals surface area contributed by atoms with Crippen LogP contribution >= 0.6 is 11.6 Å². The maximum Gasteiger partial charge on any atom is 0.416 e. The lowest BCUT2D eigenvalue weighted by molar-refractivity contribution is -0.137. The Morgan fingerprint density at radius 3 is 2.48 bits per heavy atom. The zero-order valence-electron chi connectivity index (χ0n) is 20.7. The first-order valence-electron chi connectivity index (χ1n) is 11.8. The maximum atomic E-state index is 14.2. The fraction of sp³-hybridized carbons (Fsp3) is 0.192. The molecule has 0 saturated carbocycles. The number of hydrogen-bond acceptors (Lipinski definition) is 5. The molecule has 5 rings (SSSR count). The lowest BCUT2D eigenvalue weighted by Gasteiger charge is -2.33. The van der Waals surface area contributed by atoms with Gasteiger partial charge in [-0.15, -0.1) is 0 Å². The Kier molecular flexibility index (Phi) is 7.05. The van der Waals surface area contributed by atoms with Crippen LogP contribution in [0.3, 0.4) is 0 Å². The van der Waals surface area contributed by atoms with Crippen molar-refractivity contribution in [1.82, 2.24) is 5.32 Å². The highest BCUT2D eigenvalue weighted by molar-refractivity contribution is 6.31. The van der Waals surface area contributed by atoms with Gasteiger partial charge in [-0.3, -0.25) is 14.4 Å². The van der Waals surface area contributed by atoms with Crippen molar-refractivity contribution in [3.05, 3.63) is 86.9 Å². The molecule has 2 heterocycles. The minimum Gasteiger partial charge on any atom is -0.363 e. The van der Waals surface area contributed by atoms with Gasteiger partial charge in [0.25, 0.3) is 18.2 Å². The van der Waals surface area contributed by atoms with Crippen LogP contribution in [0.25, 0.3) is 0 Å². The van der Waals surface area contributed by atoms with E-state index in [4.69, 9.17) is 11.6 Å². The number of halogens is 8. The number of fused-ring (bicyclic) bond motifs is 3. The van der Waals surface area contributed by atoms with Crippen molar-refractivity contribution in [2.75, 3.05) is 28.6 Å². The first-order valence-corrected chi connectivity index (χ1v) is 12.2. The van der Waals surface area contributed by atoms with Gasteiger partial charge >= 0.3 is 6.18 Å². The van der Waals surface area contributed by atoms with Crippen LogP contribution in [0.1, 0.15) is 37.4 Å². The molecule has 0 radical (unpaired) electrons. The van der Waals surface area contributed by atoms with Gasteiger partial charge in [-0.25, -0.2) is 17.6 Å². The average Bonchev–Trinajstić information content (AvgIpc) is 3.16. The quantitative estimate of drug-likeness (QED) is 0.307. The third-order valence-corrected chi connectivity index (χ3v) is 6.87. The molecule has 3 amide bonds. The number of alkyl halides is 5. The summed E-state index contributed by atoms with van der Waals surface area (Å²) in [5, 5.41) is 18.2. The first kappa shape index (κ1) is 29.1. The van der Waals surface area contributed by atoms with Crippen molar-refractivity contribution >= 4 is 46.4 Å². The Hall–Kier alpha value is -4.37. The van der Waals surface area contributed by atoms with Gasteiger partial charge < -0.3 is 26.0 Å². The molecule has 1 atom stereocenters. The molecular weight excluding hydrogens is 601 g/mol. The highest BCUT2D eigenvalue weighted by atomic mass is 35.5. The Labute approximate surface area is 236 Å². The molecule has 1 unspecified atom stereocenters. The Morgan fingerprint density at radius 1 is 1.10 bits per heavy atom. The average molecular weight is 617 g/mol. The molecule has 0 bridgehead atoms. The van der Waals surface area contributed by atoms with E-state index in [1.54, 1.807) is 0 Å². The zero-order valence-corrected chi connectivity index (χ0v) is 21.4. The molecule has 0 saturated heterocycles. The molecule has 16 heteroatoms. The van der Waals surface area contributed by atoms with Crippen molar-refractivity contribution in [2.45, 2.75) is 18.3 Å². The minimum atomic E-state index is -5.02. The summed E-state index contributed by atoms with van der Waals surface area (Å²) in [5.74, 6) is -5.59. The number of benzene rings is 3. The summed E-state index contributed by atoms with van der Waals surface area (Å²) in [5.41, 5.74) is -7.63. The Morgan fingerprint density at radius 2 is 1.81 bits per heavy atom. The molecule has 2 aliphatic heterocycles. The summed E-state index contributed by atoms with van der Waals surface area (Å²) in [6.45, 7) is -1.61. The van der Waals surface area contributed by atoms with Gasteiger partial charge in [0.05, 0.1) is 41.3 Å². The van der Waals surface area contributed by atoms with Crippen LogP contribution in [0, 0.1) is 11.6 Å². The molecule has 0 spiro atoms. The summed E-state index contributed by atoms with van der Waals surface area (Å²) in [6.07, 6.45) is -8.00. The third-order valence-electron chi connectivity index (χ3n) is 6.54. The van der Waals surface area contributed by atoms with Gasteiger partial charge in [-0.2, -0.15) is 13.2 Å². The number of amides is 3. The van der Waals surface area contributed by atoms with Crippen LogP contribution in [0.2, 0.25) is 5.02 Å². The monoisotopic (exact) mass is 616 g/mol. The normalized spacial score (nSPS) is 18.0. The molecule has 220 valence electrons. The third kappa shape index (κ3) is 5.09. The zero-order chi connectivity index (χ0) is 30.7. The van der Waals surface area contributed by atoms with E-state index in [9.17, 15) is 50.2 Å². The van der Waals surface area contributed by atoms with Crippen LogP contribution < -0.4 is 20.9 Å². The van der Waals surface area contributed by atoms with Crippen molar-refractivity contribution in [1.29, 1.82) is 0 Å². The van der Waals surface area contributed by atoms with Crippen molar-refractivity contribution in [3.8, 4) is 0 Å². The van der Waals surface area contributed by atoms with Gasteiger partial charge in [0.1, 0.15) is 11.6 Å². The molecule has 42 heavy (non-hydrogen) atoms. The molecular formula is C26H16ClF7N4O4. The van der Waals surface area contributed by atoms with Gasteiger partial charge in [-0.1, -0.05) is 11.6 Å². The molecule has 3 aromatic rings. The number of carbonyl (C=O) groups is 3. The second-order valence-electron chi connectivity index (χ2n) is 9.36. The van der Waals surface area contributed by atoms with E-state index in [1.165, 1.54) is 0 Å². The molecule has 0 aromatic heterocycles. The number of nitrogens with one attached hydrogen (secondary N) is 3. The van der Waals surface area contributed by atoms with Gasteiger partial charge in [0.15, 0.2) is 5.72 Å². The lowest BCUT2D eigenvalue weighted by atomic mass is 9.90. The molecule has 0 fully saturated rings. The molecule has 8 nitrogen and oxygen atoms in total. The predicted octanol–water partition coefficient (Wildman–Crippen LogP) is 4.85. The first-order chi connectivity index (χ1) is 19.6. The van der Waals surface area contributed by atoms with E-state index in [2.05, 4.69) is 16.0 Å². The van der Waals surface area contributed by atoms with Crippen LogP contribution in [0.4, 0.5) is 47.8 Å². The molecule has 2 aliphatic rings. The summed E-state index contributed by atoms with van der Waals surface area (Å²) in [6, 6.07) is 4.72. The Bertz CT molecular complexity index is 1670. The highest BCUT2D eigenvalue weighted by Gasteiger charge is 2.49. The fourth-order valence-electron chi connectivity index (χ4n) is 4.86. The van der Waals surface area contributed by atoms with Crippen LogP contribution in [0.15, 0.2) is 42.5 Å². The van der Waals surface area contributed by atoms with E-state index in [1.807, 2.05) is 0 Å². The van der Waals surface area contributed by atoms with E-state index in [0.717, 1.165) is 29.2 Å². The molecule has 0 aliphatic carbocycles. The van der Waals surface area contributed by atoms with Crippen molar-refractivity contribution in [3.63, 3.8) is 0 Å². The Balaban J connectivity index is 1.74. The topological polar surface area (TPSA) is 111 Å². The van der Waals surface area contributed by atoms with E-state index < -0.39 is 94.3 Å². The predicted molar refractivity (Wildman–Crippen MR) is 135 cm³/mol. The summed E-state index contributed by atoms with van der Waals surface area (Å²) in [7, 11) is 0. The SMILES string of the molecule is O=C1CN(CC(F)F)c2cc(NC(=O)c3cc(F)cc(C(F)(F)F)c3)c3c(c2N1)C(=O)NC3(O)c1cc(F)ccc1Cl. The largest absolute Gasteiger partial charge is 0.416 e. The van der Waals surface area contributed by atoms with Gasteiger partial charge in [-0.05, 0) is 42.5 Å². The highest BCUT2D eigenvalue weighted by Crippen LogP contribution is 2.49. The van der Waals surface area contributed by atoms with Gasteiger partial charge in [0.2, 0.25) is 5.91 Å². The van der Waals surface area contributed by atoms with Crippen LogP contribution in [-0.4, -0.2) is 42.3 Å². The van der Waals surface area contributed by atoms with Crippen LogP contribution in [-0.2, 0) is 16.7 Å². The standard InChI is InChI=1S/C26H16ClF7N4O4/c27-15-2-1-12(28)6-14(15)25(42)21-16(35-23(40)10-3-11(26(32,33)34)5-13(29)4-10)7-17-22(20(21)24(41)37-25)36-19(39)9-38(17)8-18(30)31/h1-7,18,42H,8-9H2,(H,35,40)(H,36,39)(H,37,41). The summed E-state index contributed by atoms with van der Waals surface area (Å²) >= 11 is 6.18. The minimum absolute atomic E-state index is 0.158. The number of hydrogen-bond donors (Lipinski definition) is 4. The molecule has 4 N–H and O–H groups in total. The summed E-state index contributed by atoms with van der Waals surface area (Å²) in [4.78, 5) is 39.7. The number of rotatable bonds is 5. The van der Waals surface area contributed by atoms with E-state index in [0.29, 0.717) is 12.1 Å². The number of aliphatic hydroxyl groups is 1. The van der Waals surface area contributed by atoms with E-state index >= 15 is 0 Å².